The first-order chi connectivity index (χ1) is 15.0. The van der Waals surface area contributed by atoms with Crippen LogP contribution in [0, 0.1) is 0 Å². The van der Waals surface area contributed by atoms with E-state index in [0.29, 0.717) is 18.6 Å². The molecule has 1 aliphatic rings. The van der Waals surface area contributed by atoms with Crippen LogP contribution >= 0.6 is 11.6 Å². The lowest BCUT2D eigenvalue weighted by molar-refractivity contribution is 0.376. The summed E-state index contributed by atoms with van der Waals surface area (Å²) in [5.74, 6) is 0.988. The van der Waals surface area contributed by atoms with Gasteiger partial charge in [-0.15, -0.1) is 0 Å². The molecule has 0 amide bonds. The quantitative estimate of drug-likeness (QED) is 0.592. The lowest BCUT2D eigenvalue weighted by Crippen LogP contribution is -2.40. The van der Waals surface area contributed by atoms with Gasteiger partial charge in [0.15, 0.2) is 0 Å². The number of rotatable bonds is 7. The molecule has 3 aromatic rings. The van der Waals surface area contributed by atoms with E-state index in [1.54, 1.807) is 7.11 Å². The van der Waals surface area contributed by atoms with Crippen molar-refractivity contribution in [1.82, 2.24) is 15.3 Å². The standard InChI is InChI=1S/C24H30ClN5O/c1-5-29(14-16(2)26-3)23-18-12-13-30(15-20(18)27-24(28-23)31-4)21-11-7-9-17-8-6-10-19(25)22(17)21/h6-11,16,26H,5,12-15H2,1-4H3. The van der Waals surface area contributed by atoms with Crippen LogP contribution in [0.15, 0.2) is 36.4 Å². The highest BCUT2D eigenvalue weighted by Gasteiger charge is 2.26. The summed E-state index contributed by atoms with van der Waals surface area (Å²) >= 11 is 6.59. The van der Waals surface area contributed by atoms with E-state index in [4.69, 9.17) is 26.3 Å². The van der Waals surface area contributed by atoms with Crippen molar-refractivity contribution in [3.8, 4) is 6.01 Å². The number of halogens is 1. The lowest BCUT2D eigenvalue weighted by atomic mass is 10.0. The third-order valence-electron chi connectivity index (χ3n) is 6.05. The predicted octanol–water partition coefficient (Wildman–Crippen LogP) is 4.29. The number of benzene rings is 2. The first-order valence-electron chi connectivity index (χ1n) is 10.8. The molecular formula is C24H30ClN5O. The minimum absolute atomic E-state index is 0.356. The fraction of sp³-hybridized carbons (Fsp3) is 0.417. The molecule has 0 spiro atoms. The Kier molecular flexibility index (Phi) is 6.49. The van der Waals surface area contributed by atoms with Gasteiger partial charge in [0.1, 0.15) is 5.82 Å². The molecule has 0 radical (unpaired) electrons. The SMILES string of the molecule is CCN(CC(C)NC)c1nc(OC)nc2c1CCN(c1cccc3cccc(Cl)c13)C2. The van der Waals surface area contributed by atoms with E-state index < -0.39 is 0 Å². The maximum atomic E-state index is 6.59. The van der Waals surface area contributed by atoms with Crippen molar-refractivity contribution in [3.05, 3.63) is 52.7 Å². The highest BCUT2D eigenvalue weighted by atomic mass is 35.5. The summed E-state index contributed by atoms with van der Waals surface area (Å²) in [5, 5.41) is 6.34. The molecule has 1 unspecified atom stereocenters. The third kappa shape index (κ3) is 4.27. The van der Waals surface area contributed by atoms with Crippen LogP contribution in [0.1, 0.15) is 25.1 Å². The topological polar surface area (TPSA) is 53.5 Å². The van der Waals surface area contributed by atoms with Gasteiger partial charge in [-0.1, -0.05) is 35.9 Å². The fourth-order valence-corrected chi connectivity index (χ4v) is 4.55. The van der Waals surface area contributed by atoms with Crippen LogP contribution < -0.4 is 19.9 Å². The Morgan fingerprint density at radius 1 is 1.23 bits per heavy atom. The Balaban J connectivity index is 1.73. The number of likely N-dealkylation sites (N-methyl/N-ethyl adjacent to an activating group) is 2. The summed E-state index contributed by atoms with van der Waals surface area (Å²) in [6.45, 7) is 7.68. The molecule has 7 heteroatoms. The van der Waals surface area contributed by atoms with Crippen molar-refractivity contribution in [2.45, 2.75) is 32.9 Å². The molecule has 164 valence electrons. The normalized spacial score (nSPS) is 14.4. The highest BCUT2D eigenvalue weighted by molar-refractivity contribution is 6.36. The van der Waals surface area contributed by atoms with Gasteiger partial charge in [0.25, 0.3) is 0 Å². The summed E-state index contributed by atoms with van der Waals surface area (Å²) in [6.07, 6.45) is 0.875. The number of ether oxygens (including phenoxy) is 1. The second-order valence-corrected chi connectivity index (χ2v) is 8.38. The van der Waals surface area contributed by atoms with Crippen molar-refractivity contribution < 1.29 is 4.74 Å². The van der Waals surface area contributed by atoms with Crippen molar-refractivity contribution in [2.75, 3.05) is 43.6 Å². The number of nitrogens with zero attached hydrogens (tertiary/aromatic N) is 4. The number of hydrogen-bond acceptors (Lipinski definition) is 6. The number of anilines is 2. The zero-order valence-corrected chi connectivity index (χ0v) is 19.4. The van der Waals surface area contributed by atoms with Gasteiger partial charge >= 0.3 is 6.01 Å². The molecule has 1 aliphatic heterocycles. The van der Waals surface area contributed by atoms with Crippen LogP contribution in [0.5, 0.6) is 6.01 Å². The van der Waals surface area contributed by atoms with Gasteiger partial charge in [-0.3, -0.25) is 0 Å². The van der Waals surface area contributed by atoms with Crippen LogP contribution in [0.2, 0.25) is 5.02 Å². The van der Waals surface area contributed by atoms with Crippen molar-refractivity contribution in [2.24, 2.45) is 0 Å². The number of hydrogen-bond donors (Lipinski definition) is 1. The van der Waals surface area contributed by atoms with E-state index in [9.17, 15) is 0 Å². The Labute approximate surface area is 189 Å². The van der Waals surface area contributed by atoms with E-state index in [1.165, 1.54) is 5.56 Å². The zero-order chi connectivity index (χ0) is 22.0. The van der Waals surface area contributed by atoms with Crippen LogP contribution in [0.25, 0.3) is 10.8 Å². The first-order valence-corrected chi connectivity index (χ1v) is 11.2. The zero-order valence-electron chi connectivity index (χ0n) is 18.7. The summed E-state index contributed by atoms with van der Waals surface area (Å²) in [5.41, 5.74) is 3.38. The smallest absolute Gasteiger partial charge is 0.318 e. The molecular weight excluding hydrogens is 410 g/mol. The molecule has 1 atom stereocenters. The van der Waals surface area contributed by atoms with Gasteiger partial charge in [-0.25, -0.2) is 0 Å². The van der Waals surface area contributed by atoms with E-state index in [2.05, 4.69) is 53.2 Å². The van der Waals surface area contributed by atoms with Gasteiger partial charge in [0.2, 0.25) is 0 Å². The maximum absolute atomic E-state index is 6.59. The fourth-order valence-electron chi connectivity index (χ4n) is 4.27. The predicted molar refractivity (Wildman–Crippen MR) is 129 cm³/mol. The average Bonchev–Trinajstić information content (AvgIpc) is 2.81. The molecule has 1 aromatic heterocycles. The summed E-state index contributed by atoms with van der Waals surface area (Å²) in [4.78, 5) is 14.2. The van der Waals surface area contributed by atoms with E-state index in [-0.39, 0.29) is 0 Å². The molecule has 1 N–H and O–H groups in total. The van der Waals surface area contributed by atoms with Crippen LogP contribution in [0.4, 0.5) is 11.5 Å². The van der Waals surface area contributed by atoms with Crippen molar-refractivity contribution in [1.29, 1.82) is 0 Å². The first kappa shape index (κ1) is 21.7. The van der Waals surface area contributed by atoms with Crippen LogP contribution in [0.3, 0.4) is 0 Å². The molecule has 2 aromatic carbocycles. The maximum Gasteiger partial charge on any atom is 0.318 e. The van der Waals surface area contributed by atoms with Crippen LogP contribution in [-0.4, -0.2) is 49.8 Å². The van der Waals surface area contributed by atoms with E-state index in [0.717, 1.165) is 59.0 Å². The summed E-state index contributed by atoms with van der Waals surface area (Å²) < 4.78 is 5.47. The van der Waals surface area contributed by atoms with Gasteiger partial charge < -0.3 is 19.9 Å². The number of fused-ring (bicyclic) bond motifs is 2. The lowest BCUT2D eigenvalue weighted by Gasteiger charge is -2.34. The molecule has 0 aliphatic carbocycles. The monoisotopic (exact) mass is 439 g/mol. The summed E-state index contributed by atoms with van der Waals surface area (Å²) in [7, 11) is 3.62. The Bertz CT molecular complexity index is 1070. The molecule has 2 heterocycles. The van der Waals surface area contributed by atoms with Crippen molar-refractivity contribution >= 4 is 33.9 Å². The van der Waals surface area contributed by atoms with Gasteiger partial charge in [0, 0.05) is 42.3 Å². The average molecular weight is 440 g/mol. The summed E-state index contributed by atoms with van der Waals surface area (Å²) in [6, 6.07) is 13.2. The van der Waals surface area contributed by atoms with Crippen LogP contribution in [-0.2, 0) is 13.0 Å². The van der Waals surface area contributed by atoms with E-state index in [1.807, 2.05) is 19.2 Å². The second kappa shape index (κ2) is 9.28. The molecule has 0 saturated carbocycles. The Hall–Kier alpha value is -2.57. The molecule has 0 saturated heterocycles. The minimum Gasteiger partial charge on any atom is -0.467 e. The molecule has 0 fully saturated rings. The second-order valence-electron chi connectivity index (χ2n) is 7.97. The third-order valence-corrected chi connectivity index (χ3v) is 6.36. The largest absolute Gasteiger partial charge is 0.467 e. The van der Waals surface area contributed by atoms with Gasteiger partial charge in [0.05, 0.1) is 24.4 Å². The number of aromatic nitrogens is 2. The molecule has 31 heavy (non-hydrogen) atoms. The molecule has 4 rings (SSSR count). The Morgan fingerprint density at radius 2 is 2.00 bits per heavy atom. The number of nitrogens with one attached hydrogen (secondary N) is 1. The highest BCUT2D eigenvalue weighted by Crippen LogP contribution is 2.36. The number of methoxy groups -OCH3 is 1. The van der Waals surface area contributed by atoms with Gasteiger partial charge in [-0.05, 0) is 44.8 Å². The van der Waals surface area contributed by atoms with Crippen molar-refractivity contribution in [3.63, 3.8) is 0 Å². The molecule has 0 bridgehead atoms. The Morgan fingerprint density at radius 3 is 2.71 bits per heavy atom. The minimum atomic E-state index is 0.356. The van der Waals surface area contributed by atoms with E-state index >= 15 is 0 Å². The molecule has 6 nitrogen and oxygen atoms in total. The van der Waals surface area contributed by atoms with Gasteiger partial charge in [-0.2, -0.15) is 9.97 Å².